The minimum absolute atomic E-state index is 0.00479. The lowest BCUT2D eigenvalue weighted by Gasteiger charge is -2.05. The summed E-state index contributed by atoms with van der Waals surface area (Å²) in [6.07, 6.45) is 1.02. The summed E-state index contributed by atoms with van der Waals surface area (Å²) in [5.74, 6) is -0.538. The third-order valence-electron chi connectivity index (χ3n) is 2.40. The average Bonchev–Trinajstić information content (AvgIpc) is 2.82. The summed E-state index contributed by atoms with van der Waals surface area (Å²) in [4.78, 5) is 26.6. The Morgan fingerprint density at radius 1 is 1.55 bits per heavy atom. The van der Waals surface area contributed by atoms with Crippen LogP contribution in [-0.4, -0.2) is 15.8 Å². The van der Waals surface area contributed by atoms with E-state index in [-0.39, 0.29) is 17.1 Å². The zero-order chi connectivity index (χ0) is 14.7. The van der Waals surface area contributed by atoms with Crippen molar-refractivity contribution in [3.05, 3.63) is 48.7 Å². The van der Waals surface area contributed by atoms with E-state index in [1.165, 1.54) is 11.3 Å². The Kier molecular flexibility index (Phi) is 4.30. The van der Waals surface area contributed by atoms with Crippen molar-refractivity contribution in [2.75, 3.05) is 5.73 Å². The molecule has 0 atom stereocenters. The van der Waals surface area contributed by atoms with E-state index in [4.69, 9.17) is 5.73 Å². The molecule has 2 aromatic rings. The van der Waals surface area contributed by atoms with E-state index in [2.05, 4.69) is 26.2 Å². The van der Waals surface area contributed by atoms with Gasteiger partial charge < -0.3 is 11.1 Å². The number of hydrogen-bond acceptors (Lipinski definition) is 6. The second kappa shape index (κ2) is 5.97. The summed E-state index contributed by atoms with van der Waals surface area (Å²) in [5, 5.41) is 15.2. The number of nitrogens with one attached hydrogen (secondary N) is 1. The van der Waals surface area contributed by atoms with Crippen molar-refractivity contribution in [1.29, 1.82) is 0 Å². The van der Waals surface area contributed by atoms with E-state index in [1.807, 2.05) is 11.4 Å². The molecule has 0 aliphatic heterocycles. The zero-order valence-corrected chi connectivity index (χ0v) is 12.4. The number of rotatable bonds is 4. The minimum Gasteiger partial charge on any atom is -0.383 e. The number of carbonyl (C=O) groups is 1. The predicted octanol–water partition coefficient (Wildman–Crippen LogP) is 2.33. The molecular weight excluding hydrogens is 348 g/mol. The fraction of sp³-hybridized carbons (Fsp3) is 0.0909. The van der Waals surface area contributed by atoms with E-state index in [1.54, 1.807) is 0 Å². The van der Waals surface area contributed by atoms with E-state index in [0.29, 0.717) is 6.54 Å². The van der Waals surface area contributed by atoms with Crippen LogP contribution in [0.5, 0.6) is 0 Å². The monoisotopic (exact) mass is 356 g/mol. The summed E-state index contributed by atoms with van der Waals surface area (Å²) in [5.41, 5.74) is 5.28. The number of hydrogen-bond donors (Lipinski definition) is 2. The Labute approximate surface area is 126 Å². The van der Waals surface area contributed by atoms with Crippen LogP contribution in [0.25, 0.3) is 0 Å². The SMILES string of the molecule is Nc1ncc([N+](=O)[O-])cc1C(=O)NCc1cc(Br)cs1. The lowest BCUT2D eigenvalue weighted by atomic mass is 10.2. The van der Waals surface area contributed by atoms with Gasteiger partial charge in [-0.25, -0.2) is 4.98 Å². The third-order valence-corrected chi connectivity index (χ3v) is 4.10. The molecule has 2 heterocycles. The first-order chi connectivity index (χ1) is 9.47. The van der Waals surface area contributed by atoms with Crippen LogP contribution in [0.15, 0.2) is 28.2 Å². The molecule has 2 rings (SSSR count). The Morgan fingerprint density at radius 3 is 2.90 bits per heavy atom. The Bertz CT molecular complexity index is 673. The summed E-state index contributed by atoms with van der Waals surface area (Å²) in [6, 6.07) is 2.99. The van der Waals surface area contributed by atoms with E-state index >= 15 is 0 Å². The normalized spacial score (nSPS) is 10.2. The molecule has 0 aliphatic carbocycles. The van der Waals surface area contributed by atoms with E-state index in [0.717, 1.165) is 21.6 Å². The Hall–Kier alpha value is -2.00. The molecule has 0 bridgehead atoms. The molecule has 0 saturated heterocycles. The highest BCUT2D eigenvalue weighted by molar-refractivity contribution is 9.10. The maximum atomic E-state index is 12.0. The average molecular weight is 357 g/mol. The fourth-order valence-electron chi connectivity index (χ4n) is 1.46. The Balaban J connectivity index is 2.12. The first-order valence-electron chi connectivity index (χ1n) is 5.38. The number of aromatic nitrogens is 1. The van der Waals surface area contributed by atoms with Crippen molar-refractivity contribution in [3.8, 4) is 0 Å². The van der Waals surface area contributed by atoms with Gasteiger partial charge in [0.2, 0.25) is 0 Å². The standard InChI is InChI=1S/C11H9BrN4O3S/c12-6-1-8(20-5-6)4-15-11(17)9-2-7(16(18)19)3-14-10(9)13/h1-3,5H,4H2,(H2,13,14)(H,15,17). The van der Waals surface area contributed by atoms with Gasteiger partial charge in [0.05, 0.1) is 17.0 Å². The van der Waals surface area contributed by atoms with Gasteiger partial charge in [-0.1, -0.05) is 0 Å². The van der Waals surface area contributed by atoms with Gasteiger partial charge in [-0.2, -0.15) is 0 Å². The number of halogens is 1. The minimum atomic E-state index is -0.625. The lowest BCUT2D eigenvalue weighted by Crippen LogP contribution is -2.23. The van der Waals surface area contributed by atoms with Gasteiger partial charge in [0.15, 0.2) is 0 Å². The number of nitrogens with zero attached hydrogens (tertiary/aromatic N) is 2. The highest BCUT2D eigenvalue weighted by Gasteiger charge is 2.16. The number of thiophene rings is 1. The topological polar surface area (TPSA) is 111 Å². The van der Waals surface area contributed by atoms with Crippen LogP contribution in [-0.2, 0) is 6.54 Å². The maximum Gasteiger partial charge on any atom is 0.288 e. The largest absolute Gasteiger partial charge is 0.383 e. The molecule has 2 aromatic heterocycles. The molecule has 104 valence electrons. The van der Waals surface area contributed by atoms with Crippen molar-refractivity contribution >= 4 is 44.7 Å². The molecule has 0 unspecified atom stereocenters. The van der Waals surface area contributed by atoms with Crippen LogP contribution in [0.3, 0.4) is 0 Å². The van der Waals surface area contributed by atoms with Gasteiger partial charge in [-0.05, 0) is 22.0 Å². The van der Waals surface area contributed by atoms with Gasteiger partial charge in [0.1, 0.15) is 12.0 Å². The summed E-state index contributed by atoms with van der Waals surface area (Å²) < 4.78 is 0.934. The highest BCUT2D eigenvalue weighted by atomic mass is 79.9. The zero-order valence-electron chi connectivity index (χ0n) is 10.00. The van der Waals surface area contributed by atoms with Crippen molar-refractivity contribution in [2.45, 2.75) is 6.54 Å². The van der Waals surface area contributed by atoms with Crippen molar-refractivity contribution < 1.29 is 9.72 Å². The molecule has 1 amide bonds. The maximum absolute atomic E-state index is 12.0. The van der Waals surface area contributed by atoms with Crippen molar-refractivity contribution in [3.63, 3.8) is 0 Å². The van der Waals surface area contributed by atoms with Crippen LogP contribution < -0.4 is 11.1 Å². The molecule has 7 nitrogen and oxygen atoms in total. The molecule has 0 radical (unpaired) electrons. The van der Waals surface area contributed by atoms with Crippen LogP contribution in [0.2, 0.25) is 0 Å². The molecule has 20 heavy (non-hydrogen) atoms. The molecule has 3 N–H and O–H groups in total. The van der Waals surface area contributed by atoms with Gasteiger partial charge in [0.25, 0.3) is 11.6 Å². The van der Waals surface area contributed by atoms with Gasteiger partial charge >= 0.3 is 0 Å². The number of anilines is 1. The molecule has 0 fully saturated rings. The van der Waals surface area contributed by atoms with Crippen LogP contribution in [0, 0.1) is 10.1 Å². The number of nitrogen functional groups attached to an aromatic ring is 1. The van der Waals surface area contributed by atoms with Crippen molar-refractivity contribution in [2.24, 2.45) is 0 Å². The van der Waals surface area contributed by atoms with E-state index < -0.39 is 10.8 Å². The molecule has 9 heteroatoms. The first-order valence-corrected chi connectivity index (χ1v) is 7.05. The quantitative estimate of drug-likeness (QED) is 0.644. The summed E-state index contributed by atoms with van der Waals surface area (Å²) >= 11 is 4.80. The number of nitrogens with two attached hydrogens (primary N) is 1. The van der Waals surface area contributed by atoms with Crippen LogP contribution in [0.1, 0.15) is 15.2 Å². The van der Waals surface area contributed by atoms with Crippen LogP contribution >= 0.6 is 27.3 Å². The second-order valence-corrected chi connectivity index (χ2v) is 5.71. The van der Waals surface area contributed by atoms with Gasteiger partial charge in [0, 0.05) is 20.8 Å². The van der Waals surface area contributed by atoms with Gasteiger partial charge in [-0.3, -0.25) is 14.9 Å². The number of carbonyl (C=O) groups excluding carboxylic acids is 1. The smallest absolute Gasteiger partial charge is 0.288 e. The number of pyridine rings is 1. The number of nitro groups is 1. The lowest BCUT2D eigenvalue weighted by molar-refractivity contribution is -0.385. The molecule has 0 spiro atoms. The molecule has 0 aliphatic rings. The molecular formula is C11H9BrN4O3S. The van der Waals surface area contributed by atoms with Gasteiger partial charge in [-0.15, -0.1) is 11.3 Å². The predicted molar refractivity (Wildman–Crippen MR) is 78.5 cm³/mol. The summed E-state index contributed by atoms with van der Waals surface area (Å²) in [7, 11) is 0. The fourth-order valence-corrected chi connectivity index (χ4v) is 2.85. The molecule has 0 aromatic carbocycles. The molecule has 0 saturated carbocycles. The van der Waals surface area contributed by atoms with E-state index in [9.17, 15) is 14.9 Å². The van der Waals surface area contributed by atoms with Crippen LogP contribution in [0.4, 0.5) is 11.5 Å². The third kappa shape index (κ3) is 3.31. The number of amides is 1. The second-order valence-electron chi connectivity index (χ2n) is 3.80. The highest BCUT2D eigenvalue weighted by Crippen LogP contribution is 2.20. The Morgan fingerprint density at radius 2 is 2.30 bits per heavy atom. The van der Waals surface area contributed by atoms with Crippen molar-refractivity contribution in [1.82, 2.24) is 10.3 Å². The first kappa shape index (κ1) is 14.4. The summed E-state index contributed by atoms with van der Waals surface area (Å²) in [6.45, 7) is 0.317.